The molecule has 0 amide bonds. The first kappa shape index (κ1) is 18.1. The first-order chi connectivity index (χ1) is 12.0. The van der Waals surface area contributed by atoms with E-state index in [4.69, 9.17) is 0 Å². The van der Waals surface area contributed by atoms with E-state index < -0.39 is 0 Å². The monoisotopic (exact) mass is 372 g/mol. The van der Waals surface area contributed by atoms with E-state index >= 15 is 0 Å². The summed E-state index contributed by atoms with van der Waals surface area (Å²) in [6.45, 7) is 8.77. The van der Waals surface area contributed by atoms with Crippen molar-refractivity contribution in [2.24, 2.45) is 0 Å². The zero-order valence-corrected chi connectivity index (χ0v) is 16.8. The second kappa shape index (κ2) is 8.15. The molecule has 4 nitrogen and oxygen atoms in total. The number of thiazole rings is 2. The molecular weight excluding hydrogens is 348 g/mol. The zero-order valence-electron chi connectivity index (χ0n) is 15.1. The molecule has 0 aliphatic carbocycles. The minimum Gasteiger partial charge on any atom is -0.253 e. The van der Waals surface area contributed by atoms with Gasteiger partial charge in [-0.15, -0.1) is 22.7 Å². The maximum absolute atomic E-state index is 4.64. The van der Waals surface area contributed by atoms with Crippen molar-refractivity contribution in [1.82, 2.24) is 19.9 Å². The molecule has 0 fully saturated rings. The summed E-state index contributed by atoms with van der Waals surface area (Å²) in [5, 5.41) is 1.17. The number of rotatable bonds is 7. The molecule has 0 radical (unpaired) electrons. The van der Waals surface area contributed by atoms with Crippen LogP contribution in [0.3, 0.4) is 0 Å². The molecule has 0 saturated heterocycles. The van der Waals surface area contributed by atoms with Crippen molar-refractivity contribution in [3.8, 4) is 0 Å². The first-order valence-corrected chi connectivity index (χ1v) is 10.4. The summed E-state index contributed by atoms with van der Waals surface area (Å²) in [5.41, 5.74) is 3.08. The summed E-state index contributed by atoms with van der Waals surface area (Å²) < 4.78 is 0. The standard InChI is InChI=1S/C19H24N4S2/c1-12(2)15-7-21-18(22-8-15)6-14(4)19-23-9-16(25-19)5-13(3)17-10-20-11-24-17/h7-14H,5-6H2,1-4H3. The second-order valence-electron chi connectivity index (χ2n) is 6.87. The van der Waals surface area contributed by atoms with Gasteiger partial charge in [0.05, 0.1) is 10.5 Å². The van der Waals surface area contributed by atoms with E-state index in [1.807, 2.05) is 41.6 Å². The zero-order chi connectivity index (χ0) is 17.8. The Morgan fingerprint density at radius 3 is 2.28 bits per heavy atom. The van der Waals surface area contributed by atoms with Crippen LogP contribution in [0.25, 0.3) is 0 Å². The van der Waals surface area contributed by atoms with Gasteiger partial charge in [0.2, 0.25) is 0 Å². The van der Waals surface area contributed by atoms with Gasteiger partial charge in [-0.1, -0.05) is 27.7 Å². The smallest absolute Gasteiger partial charge is 0.128 e. The highest BCUT2D eigenvalue weighted by atomic mass is 32.1. The third kappa shape index (κ3) is 4.70. The normalized spacial score (nSPS) is 14.0. The summed E-state index contributed by atoms with van der Waals surface area (Å²) in [6, 6.07) is 0. The van der Waals surface area contributed by atoms with Crippen LogP contribution in [-0.2, 0) is 12.8 Å². The summed E-state index contributed by atoms with van der Waals surface area (Å²) in [7, 11) is 0. The molecular formula is C19H24N4S2. The van der Waals surface area contributed by atoms with Crippen molar-refractivity contribution < 1.29 is 0 Å². The van der Waals surface area contributed by atoms with Gasteiger partial charge in [-0.3, -0.25) is 4.98 Å². The minimum atomic E-state index is 0.336. The minimum absolute atomic E-state index is 0.336. The Bertz CT molecular complexity index is 778. The summed E-state index contributed by atoms with van der Waals surface area (Å²) >= 11 is 3.54. The molecule has 3 rings (SSSR count). The van der Waals surface area contributed by atoms with Crippen LogP contribution in [0.2, 0.25) is 0 Å². The summed E-state index contributed by atoms with van der Waals surface area (Å²) in [5.74, 6) is 2.19. The lowest BCUT2D eigenvalue weighted by molar-refractivity contribution is 0.705. The molecule has 0 aliphatic rings. The molecule has 0 N–H and O–H groups in total. The van der Waals surface area contributed by atoms with Crippen LogP contribution in [0.4, 0.5) is 0 Å². The van der Waals surface area contributed by atoms with Gasteiger partial charge in [0.25, 0.3) is 0 Å². The lowest BCUT2D eigenvalue weighted by Gasteiger charge is -2.09. The van der Waals surface area contributed by atoms with Crippen molar-refractivity contribution in [2.45, 2.75) is 58.3 Å². The first-order valence-electron chi connectivity index (χ1n) is 8.66. The van der Waals surface area contributed by atoms with Crippen LogP contribution in [0.1, 0.15) is 71.6 Å². The molecule has 0 aliphatic heterocycles. The van der Waals surface area contributed by atoms with Crippen LogP contribution >= 0.6 is 22.7 Å². The van der Waals surface area contributed by atoms with Crippen molar-refractivity contribution in [1.29, 1.82) is 0 Å². The lowest BCUT2D eigenvalue weighted by atomic mass is 10.1. The molecule has 25 heavy (non-hydrogen) atoms. The third-order valence-electron chi connectivity index (χ3n) is 4.32. The summed E-state index contributed by atoms with van der Waals surface area (Å²) in [4.78, 5) is 20.5. The van der Waals surface area contributed by atoms with Crippen LogP contribution in [0, 0.1) is 0 Å². The fourth-order valence-electron chi connectivity index (χ4n) is 2.65. The van der Waals surface area contributed by atoms with E-state index in [0.29, 0.717) is 17.8 Å². The molecule has 0 spiro atoms. The van der Waals surface area contributed by atoms with Gasteiger partial charge in [-0.2, -0.15) is 0 Å². The van der Waals surface area contributed by atoms with Crippen molar-refractivity contribution in [3.05, 3.63) is 56.4 Å². The quantitative estimate of drug-likeness (QED) is 0.571. The topological polar surface area (TPSA) is 51.6 Å². The van der Waals surface area contributed by atoms with Gasteiger partial charge in [-0.25, -0.2) is 15.0 Å². The van der Waals surface area contributed by atoms with Gasteiger partial charge < -0.3 is 0 Å². The number of hydrogen-bond acceptors (Lipinski definition) is 6. The van der Waals surface area contributed by atoms with Crippen molar-refractivity contribution in [2.75, 3.05) is 0 Å². The van der Waals surface area contributed by atoms with Gasteiger partial charge in [0.15, 0.2) is 0 Å². The van der Waals surface area contributed by atoms with Gasteiger partial charge in [-0.05, 0) is 23.8 Å². The van der Waals surface area contributed by atoms with Crippen LogP contribution < -0.4 is 0 Å². The fourth-order valence-corrected chi connectivity index (χ4v) is 4.42. The number of aromatic nitrogens is 4. The maximum Gasteiger partial charge on any atom is 0.128 e. The highest BCUT2D eigenvalue weighted by Crippen LogP contribution is 2.29. The van der Waals surface area contributed by atoms with E-state index in [0.717, 1.165) is 18.7 Å². The number of nitrogens with zero attached hydrogens (tertiary/aromatic N) is 4. The Kier molecular flexibility index (Phi) is 5.91. The molecule has 3 aromatic rings. The molecule has 3 aromatic heterocycles. The van der Waals surface area contributed by atoms with Gasteiger partial charge >= 0.3 is 0 Å². The van der Waals surface area contributed by atoms with Gasteiger partial charge in [0.1, 0.15) is 5.82 Å². The number of hydrogen-bond donors (Lipinski definition) is 0. The molecule has 3 heterocycles. The van der Waals surface area contributed by atoms with Crippen LogP contribution in [0.15, 0.2) is 30.3 Å². The van der Waals surface area contributed by atoms with Crippen molar-refractivity contribution in [3.63, 3.8) is 0 Å². The van der Waals surface area contributed by atoms with Crippen molar-refractivity contribution >= 4 is 22.7 Å². The lowest BCUT2D eigenvalue weighted by Crippen LogP contribution is -2.03. The fraction of sp³-hybridized carbons (Fsp3) is 0.474. The molecule has 0 aromatic carbocycles. The Morgan fingerprint density at radius 2 is 1.64 bits per heavy atom. The predicted molar refractivity (Wildman–Crippen MR) is 105 cm³/mol. The Hall–Kier alpha value is -1.66. The Morgan fingerprint density at radius 1 is 0.880 bits per heavy atom. The average molecular weight is 373 g/mol. The third-order valence-corrected chi connectivity index (χ3v) is 6.58. The van der Waals surface area contributed by atoms with E-state index in [1.54, 1.807) is 11.3 Å². The molecule has 0 saturated carbocycles. The highest BCUT2D eigenvalue weighted by molar-refractivity contribution is 7.11. The van der Waals surface area contributed by atoms with E-state index in [9.17, 15) is 0 Å². The second-order valence-corrected chi connectivity index (χ2v) is 8.93. The molecule has 6 heteroatoms. The predicted octanol–water partition coefficient (Wildman–Crippen LogP) is 5.21. The molecule has 2 unspecified atom stereocenters. The average Bonchev–Trinajstić information content (AvgIpc) is 3.27. The van der Waals surface area contributed by atoms with E-state index in [2.05, 4.69) is 47.6 Å². The highest BCUT2D eigenvalue weighted by Gasteiger charge is 2.15. The van der Waals surface area contributed by atoms with Crippen LogP contribution in [0.5, 0.6) is 0 Å². The van der Waals surface area contributed by atoms with E-state index in [1.165, 1.54) is 20.3 Å². The SMILES string of the molecule is CC(C)c1cnc(CC(C)c2ncc(CC(C)c3cncs3)s2)nc1. The van der Waals surface area contributed by atoms with Crippen LogP contribution in [-0.4, -0.2) is 19.9 Å². The van der Waals surface area contributed by atoms with E-state index in [-0.39, 0.29) is 0 Å². The molecule has 132 valence electrons. The molecule has 0 bridgehead atoms. The Balaban J connectivity index is 1.61. The van der Waals surface area contributed by atoms with Gasteiger partial charge in [0, 0.05) is 46.9 Å². The Labute approximate surface area is 157 Å². The maximum atomic E-state index is 4.64. The largest absolute Gasteiger partial charge is 0.253 e. The summed E-state index contributed by atoms with van der Waals surface area (Å²) in [6.07, 6.45) is 9.74. The molecule has 2 atom stereocenters.